The van der Waals surface area contributed by atoms with Crippen LogP contribution in [0, 0.1) is 0 Å². The highest BCUT2D eigenvalue weighted by Gasteiger charge is 2.47. The van der Waals surface area contributed by atoms with Gasteiger partial charge in [-0.3, -0.25) is 9.47 Å². The van der Waals surface area contributed by atoms with Crippen LogP contribution in [0.4, 0.5) is 10.5 Å². The van der Waals surface area contributed by atoms with Crippen molar-refractivity contribution in [2.45, 2.75) is 45.6 Å². The number of hydrogen-bond donors (Lipinski definition) is 0. The molecule has 4 heterocycles. The predicted molar refractivity (Wildman–Crippen MR) is 124 cm³/mol. The molecular formula is C23H27ClN6O3. The van der Waals surface area contributed by atoms with Gasteiger partial charge in [0, 0.05) is 18.5 Å². The maximum Gasteiger partial charge on any atom is 0.325 e. The van der Waals surface area contributed by atoms with Crippen molar-refractivity contribution in [3.63, 3.8) is 0 Å². The van der Waals surface area contributed by atoms with Crippen molar-refractivity contribution in [1.82, 2.24) is 24.6 Å². The second-order valence-corrected chi connectivity index (χ2v) is 10.3. The van der Waals surface area contributed by atoms with Crippen LogP contribution in [0.1, 0.15) is 46.2 Å². The number of morpholine rings is 1. The molecule has 2 amide bonds. The third-order valence-electron chi connectivity index (χ3n) is 6.11. The molecule has 0 atom stereocenters. The number of hydrogen-bond acceptors (Lipinski definition) is 6. The van der Waals surface area contributed by atoms with Gasteiger partial charge in [-0.2, -0.15) is 4.98 Å². The van der Waals surface area contributed by atoms with Gasteiger partial charge >= 0.3 is 6.03 Å². The number of anilines is 1. The molecule has 10 heteroatoms. The highest BCUT2D eigenvalue weighted by molar-refractivity contribution is 6.34. The molecule has 0 N–H and O–H groups in total. The minimum absolute atomic E-state index is 0.125. The molecule has 33 heavy (non-hydrogen) atoms. The molecule has 3 aromatic rings. The van der Waals surface area contributed by atoms with E-state index in [-0.39, 0.29) is 11.4 Å². The van der Waals surface area contributed by atoms with Crippen molar-refractivity contribution in [2.24, 2.45) is 0 Å². The number of amides is 2. The third-order valence-corrected chi connectivity index (χ3v) is 6.41. The fourth-order valence-electron chi connectivity index (χ4n) is 4.44. The van der Waals surface area contributed by atoms with Crippen LogP contribution in [-0.2, 0) is 15.7 Å². The molecule has 2 aliphatic rings. The van der Waals surface area contributed by atoms with Crippen LogP contribution in [0.5, 0.6) is 0 Å². The van der Waals surface area contributed by atoms with Crippen LogP contribution in [-0.4, -0.2) is 56.9 Å². The summed E-state index contributed by atoms with van der Waals surface area (Å²) in [4.78, 5) is 26.7. The molecular weight excluding hydrogens is 444 g/mol. The highest BCUT2D eigenvalue weighted by atomic mass is 35.5. The molecule has 1 aromatic carbocycles. The van der Waals surface area contributed by atoms with Gasteiger partial charge in [0.1, 0.15) is 12.0 Å². The SMILES string of the molecule is CC(C)(C)c1nc(-c2ncn3c2C(C)(C)N(C(=O)N2CCOCC2)c2c(Cl)cccc2-3)no1. The van der Waals surface area contributed by atoms with Gasteiger partial charge in [0.05, 0.1) is 40.8 Å². The number of aromatic nitrogens is 4. The first kappa shape index (κ1) is 21.9. The van der Waals surface area contributed by atoms with E-state index in [1.807, 2.05) is 51.3 Å². The van der Waals surface area contributed by atoms with Crippen molar-refractivity contribution in [1.29, 1.82) is 0 Å². The minimum Gasteiger partial charge on any atom is -0.378 e. The largest absolute Gasteiger partial charge is 0.378 e. The minimum atomic E-state index is -0.804. The summed E-state index contributed by atoms with van der Waals surface area (Å²) in [5.41, 5.74) is 1.70. The van der Waals surface area contributed by atoms with E-state index >= 15 is 0 Å². The Hall–Kier alpha value is -2.91. The fraction of sp³-hybridized carbons (Fsp3) is 0.478. The van der Waals surface area contributed by atoms with Crippen LogP contribution in [0.15, 0.2) is 29.0 Å². The van der Waals surface area contributed by atoms with E-state index in [0.717, 1.165) is 11.4 Å². The first-order valence-corrected chi connectivity index (χ1v) is 11.4. The number of carbonyl (C=O) groups excluding carboxylic acids is 1. The van der Waals surface area contributed by atoms with E-state index in [9.17, 15) is 4.79 Å². The Morgan fingerprint density at radius 1 is 1.18 bits per heavy atom. The molecule has 9 nitrogen and oxygen atoms in total. The second-order valence-electron chi connectivity index (χ2n) is 9.87. The quantitative estimate of drug-likeness (QED) is 0.524. The van der Waals surface area contributed by atoms with Gasteiger partial charge in [-0.15, -0.1) is 0 Å². The van der Waals surface area contributed by atoms with E-state index < -0.39 is 5.54 Å². The summed E-state index contributed by atoms with van der Waals surface area (Å²) < 4.78 is 13.0. The molecule has 0 bridgehead atoms. The number of benzene rings is 1. The van der Waals surface area contributed by atoms with Crippen LogP contribution in [0.3, 0.4) is 0 Å². The summed E-state index contributed by atoms with van der Waals surface area (Å²) in [7, 11) is 0. The number of nitrogens with zero attached hydrogens (tertiary/aromatic N) is 6. The van der Waals surface area contributed by atoms with Gasteiger partial charge in [-0.05, 0) is 26.0 Å². The molecule has 0 radical (unpaired) electrons. The number of para-hydroxylation sites is 1. The van der Waals surface area contributed by atoms with Crippen molar-refractivity contribution >= 4 is 23.3 Å². The van der Waals surface area contributed by atoms with E-state index in [1.54, 1.807) is 22.2 Å². The zero-order valence-electron chi connectivity index (χ0n) is 19.4. The Balaban J connectivity index is 1.69. The summed E-state index contributed by atoms with van der Waals surface area (Å²) in [6.45, 7) is 12.1. The molecule has 0 aliphatic carbocycles. The van der Waals surface area contributed by atoms with Crippen molar-refractivity contribution in [3.05, 3.63) is 41.1 Å². The Bertz CT molecular complexity index is 1220. The number of rotatable bonds is 1. The van der Waals surface area contributed by atoms with Gasteiger partial charge in [-0.1, -0.05) is 43.6 Å². The molecule has 1 saturated heterocycles. The monoisotopic (exact) mass is 470 g/mol. The van der Waals surface area contributed by atoms with E-state index in [1.165, 1.54) is 0 Å². The lowest BCUT2D eigenvalue weighted by molar-refractivity contribution is 0.0536. The highest BCUT2D eigenvalue weighted by Crippen LogP contribution is 2.48. The maximum atomic E-state index is 13.9. The number of carbonyl (C=O) groups is 1. The smallest absolute Gasteiger partial charge is 0.325 e. The molecule has 2 aromatic heterocycles. The van der Waals surface area contributed by atoms with Crippen LogP contribution in [0.2, 0.25) is 5.02 Å². The summed E-state index contributed by atoms with van der Waals surface area (Å²) in [6, 6.07) is 5.47. The standard InChI is InChI=1S/C23H27ClN6O3/c1-22(2,3)20-26-19(27-33-20)16-18-23(4,5)30(21(31)28-9-11-32-12-10-28)17-14(24)7-6-8-15(17)29(18)13-25-16/h6-8,13H,9-12H2,1-5H3. The van der Waals surface area contributed by atoms with Gasteiger partial charge < -0.3 is 14.2 Å². The van der Waals surface area contributed by atoms with E-state index in [2.05, 4.69) is 15.1 Å². The summed E-state index contributed by atoms with van der Waals surface area (Å²) in [5, 5.41) is 4.71. The Morgan fingerprint density at radius 2 is 1.91 bits per heavy atom. The van der Waals surface area contributed by atoms with Gasteiger partial charge in [0.25, 0.3) is 0 Å². The lowest BCUT2D eigenvalue weighted by Gasteiger charge is -2.46. The van der Waals surface area contributed by atoms with Crippen LogP contribution < -0.4 is 4.90 Å². The number of ether oxygens (including phenoxy) is 1. The van der Waals surface area contributed by atoms with E-state index in [0.29, 0.717) is 54.4 Å². The lowest BCUT2D eigenvalue weighted by atomic mass is 9.91. The van der Waals surface area contributed by atoms with E-state index in [4.69, 9.17) is 20.9 Å². The lowest BCUT2D eigenvalue weighted by Crippen LogP contribution is -2.56. The fourth-order valence-corrected chi connectivity index (χ4v) is 4.69. The maximum absolute atomic E-state index is 13.9. The summed E-state index contributed by atoms with van der Waals surface area (Å²) in [6.07, 6.45) is 1.73. The first-order valence-electron chi connectivity index (χ1n) is 11.0. The molecule has 2 aliphatic heterocycles. The van der Waals surface area contributed by atoms with Crippen molar-refractivity contribution < 1.29 is 14.1 Å². The Kier molecular flexibility index (Phi) is 5.02. The average molecular weight is 471 g/mol. The van der Waals surface area contributed by atoms with Crippen molar-refractivity contribution in [3.8, 4) is 17.2 Å². The van der Waals surface area contributed by atoms with Gasteiger partial charge in [0.15, 0.2) is 0 Å². The molecule has 0 unspecified atom stereocenters. The molecule has 1 fully saturated rings. The topological polar surface area (TPSA) is 89.5 Å². The average Bonchev–Trinajstić information content (AvgIpc) is 3.42. The molecule has 174 valence electrons. The summed E-state index contributed by atoms with van der Waals surface area (Å²) >= 11 is 6.68. The Labute approximate surface area is 197 Å². The summed E-state index contributed by atoms with van der Waals surface area (Å²) in [5.74, 6) is 0.920. The zero-order valence-corrected chi connectivity index (χ0v) is 20.2. The molecule has 0 spiro atoms. The second kappa shape index (κ2) is 7.56. The van der Waals surface area contributed by atoms with Crippen molar-refractivity contribution in [2.75, 3.05) is 31.2 Å². The molecule has 0 saturated carbocycles. The zero-order chi connectivity index (χ0) is 23.5. The number of halogens is 1. The van der Waals surface area contributed by atoms with Gasteiger partial charge in [-0.25, -0.2) is 9.78 Å². The third kappa shape index (κ3) is 3.41. The van der Waals surface area contributed by atoms with Gasteiger partial charge in [0.2, 0.25) is 11.7 Å². The number of fused-ring (bicyclic) bond motifs is 3. The Morgan fingerprint density at radius 3 is 2.58 bits per heavy atom. The predicted octanol–water partition coefficient (Wildman–Crippen LogP) is 4.38. The van der Waals surface area contributed by atoms with Crippen LogP contribution >= 0.6 is 11.6 Å². The number of urea groups is 1. The normalized spacial score (nSPS) is 17.6. The number of imidazole rings is 1. The molecule has 5 rings (SSSR count). The first-order chi connectivity index (χ1) is 15.6. The van der Waals surface area contributed by atoms with Crippen LogP contribution in [0.25, 0.3) is 17.2 Å².